The SMILES string of the molecule is CC(C)C[C@@H]1COc2cc(C3=CC(C)CC3(C)C)nc(n2)NS(=O)(=O)c2cccc(c2)CN1. The van der Waals surface area contributed by atoms with Gasteiger partial charge in [-0.15, -0.1) is 0 Å². The Kier molecular flexibility index (Phi) is 6.51. The molecule has 2 N–H and O–H groups in total. The topological polar surface area (TPSA) is 93.2 Å². The smallest absolute Gasteiger partial charge is 0.264 e. The van der Waals surface area contributed by atoms with Crippen molar-refractivity contribution in [3.05, 3.63) is 47.7 Å². The molecule has 0 amide bonds. The Hall–Kier alpha value is -2.45. The summed E-state index contributed by atoms with van der Waals surface area (Å²) in [6, 6.07) is 8.88. The molecule has 0 radical (unpaired) electrons. The number of ether oxygens (including phenoxy) is 1. The van der Waals surface area contributed by atoms with Crippen LogP contribution in [0.15, 0.2) is 41.3 Å². The van der Waals surface area contributed by atoms with Gasteiger partial charge in [-0.25, -0.2) is 18.1 Å². The molecule has 2 heterocycles. The highest BCUT2D eigenvalue weighted by Gasteiger charge is 2.33. The summed E-state index contributed by atoms with van der Waals surface area (Å²) in [4.78, 5) is 9.20. The number of allylic oxidation sites excluding steroid dienone is 2. The zero-order chi connectivity index (χ0) is 23.8. The quantitative estimate of drug-likeness (QED) is 0.680. The molecule has 0 fully saturated rings. The molecular weight excluding hydrogens is 436 g/mol. The second-order valence-electron chi connectivity index (χ2n) is 10.3. The van der Waals surface area contributed by atoms with E-state index in [0.29, 0.717) is 36.6 Å². The number of benzene rings is 1. The first kappa shape index (κ1) is 23.7. The van der Waals surface area contributed by atoms with Crippen LogP contribution >= 0.6 is 0 Å². The van der Waals surface area contributed by atoms with Crippen LogP contribution in [0.5, 0.6) is 5.88 Å². The van der Waals surface area contributed by atoms with Gasteiger partial charge in [-0.1, -0.05) is 52.8 Å². The standard InChI is InChI=1S/C25H34N4O3S/c1-16(2)9-19-15-32-23-12-22(21-10-17(3)13-25(21,4)5)27-24(28-23)29-33(30,31)20-8-6-7-18(11-20)14-26-19/h6-8,10-12,16-17,19,26H,9,13-15H2,1-5H3,(H,27,28,29)/t17?,19-/m1/s1. The summed E-state index contributed by atoms with van der Waals surface area (Å²) in [5.41, 5.74) is 2.61. The van der Waals surface area contributed by atoms with Gasteiger partial charge in [0.2, 0.25) is 11.8 Å². The molecule has 0 spiro atoms. The lowest BCUT2D eigenvalue weighted by Gasteiger charge is -2.24. The van der Waals surface area contributed by atoms with Gasteiger partial charge in [0.05, 0.1) is 10.6 Å². The fraction of sp³-hybridized carbons (Fsp3) is 0.520. The fourth-order valence-corrected chi connectivity index (χ4v) is 5.84. The Morgan fingerprint density at radius 3 is 2.70 bits per heavy atom. The molecule has 1 aromatic carbocycles. The highest BCUT2D eigenvalue weighted by atomic mass is 32.2. The van der Waals surface area contributed by atoms with Gasteiger partial charge in [-0.05, 0) is 53.4 Å². The van der Waals surface area contributed by atoms with Crippen molar-refractivity contribution in [2.75, 3.05) is 11.3 Å². The van der Waals surface area contributed by atoms with E-state index in [-0.39, 0.29) is 22.3 Å². The molecule has 0 saturated carbocycles. The van der Waals surface area contributed by atoms with Crippen LogP contribution in [0.4, 0.5) is 5.95 Å². The first-order valence-electron chi connectivity index (χ1n) is 11.6. The van der Waals surface area contributed by atoms with E-state index in [1.165, 1.54) is 0 Å². The van der Waals surface area contributed by atoms with Gasteiger partial charge in [-0.2, -0.15) is 4.98 Å². The Balaban J connectivity index is 1.79. The Morgan fingerprint density at radius 2 is 2.00 bits per heavy atom. The van der Waals surface area contributed by atoms with E-state index in [1.54, 1.807) is 18.2 Å². The van der Waals surface area contributed by atoms with Gasteiger partial charge in [0.15, 0.2) is 0 Å². The summed E-state index contributed by atoms with van der Waals surface area (Å²) in [6.45, 7) is 11.9. The third kappa shape index (κ3) is 5.55. The van der Waals surface area contributed by atoms with Crippen LogP contribution in [0, 0.1) is 17.3 Å². The van der Waals surface area contributed by atoms with E-state index in [9.17, 15) is 8.42 Å². The van der Waals surface area contributed by atoms with E-state index in [1.807, 2.05) is 12.1 Å². The molecule has 4 rings (SSSR count). The maximum Gasteiger partial charge on any atom is 0.264 e. The molecule has 1 unspecified atom stereocenters. The van der Waals surface area contributed by atoms with Crippen molar-refractivity contribution in [2.24, 2.45) is 17.3 Å². The van der Waals surface area contributed by atoms with Crippen molar-refractivity contribution in [3.63, 3.8) is 0 Å². The highest BCUT2D eigenvalue weighted by Crippen LogP contribution is 2.46. The summed E-state index contributed by atoms with van der Waals surface area (Å²) in [5, 5.41) is 3.53. The maximum atomic E-state index is 13.1. The number of aromatic nitrogens is 2. The van der Waals surface area contributed by atoms with Crippen LogP contribution in [-0.4, -0.2) is 31.0 Å². The van der Waals surface area contributed by atoms with Crippen molar-refractivity contribution >= 4 is 21.5 Å². The van der Waals surface area contributed by atoms with E-state index in [2.05, 4.69) is 60.7 Å². The second kappa shape index (κ2) is 9.06. The molecule has 2 atom stereocenters. The van der Waals surface area contributed by atoms with E-state index in [0.717, 1.165) is 24.0 Å². The molecule has 2 aromatic rings. The summed E-state index contributed by atoms with van der Waals surface area (Å²) in [5.74, 6) is 1.30. The lowest BCUT2D eigenvalue weighted by atomic mass is 9.83. The molecule has 0 saturated heterocycles. The predicted molar refractivity (Wildman–Crippen MR) is 130 cm³/mol. The first-order valence-corrected chi connectivity index (χ1v) is 13.1. The highest BCUT2D eigenvalue weighted by molar-refractivity contribution is 7.92. The first-order chi connectivity index (χ1) is 15.5. The zero-order valence-electron chi connectivity index (χ0n) is 20.1. The van der Waals surface area contributed by atoms with Gasteiger partial charge >= 0.3 is 0 Å². The summed E-state index contributed by atoms with van der Waals surface area (Å²) in [6.07, 6.45) is 4.15. The molecule has 1 aliphatic carbocycles. The van der Waals surface area contributed by atoms with Crippen molar-refractivity contribution < 1.29 is 13.2 Å². The van der Waals surface area contributed by atoms with Crippen LogP contribution in [0.1, 0.15) is 58.7 Å². The minimum atomic E-state index is -3.85. The normalized spacial score (nSPS) is 24.0. The summed E-state index contributed by atoms with van der Waals surface area (Å²) >= 11 is 0. The molecule has 1 aromatic heterocycles. The zero-order valence-corrected chi connectivity index (χ0v) is 20.9. The Bertz CT molecular complexity index is 1160. The molecule has 2 aliphatic rings. The molecule has 1 aliphatic heterocycles. The van der Waals surface area contributed by atoms with Gasteiger partial charge in [-0.3, -0.25) is 0 Å². The monoisotopic (exact) mass is 470 g/mol. The van der Waals surface area contributed by atoms with Crippen LogP contribution in [0.2, 0.25) is 0 Å². The van der Waals surface area contributed by atoms with Crippen LogP contribution in [-0.2, 0) is 16.6 Å². The molecular formula is C25H34N4O3S. The number of sulfonamides is 1. The van der Waals surface area contributed by atoms with Gasteiger partial charge in [0.1, 0.15) is 6.61 Å². The number of anilines is 1. The Morgan fingerprint density at radius 1 is 1.21 bits per heavy atom. The lowest BCUT2D eigenvalue weighted by molar-refractivity contribution is 0.235. The number of nitrogens with zero attached hydrogens (tertiary/aromatic N) is 2. The van der Waals surface area contributed by atoms with Gasteiger partial charge < -0.3 is 10.1 Å². The van der Waals surface area contributed by atoms with E-state index < -0.39 is 10.0 Å². The number of nitrogens with one attached hydrogen (secondary N) is 2. The van der Waals surface area contributed by atoms with Crippen molar-refractivity contribution in [1.29, 1.82) is 0 Å². The third-order valence-corrected chi connectivity index (χ3v) is 7.53. The molecule has 8 heteroatoms. The summed E-state index contributed by atoms with van der Waals surface area (Å²) < 4.78 is 35.0. The predicted octanol–water partition coefficient (Wildman–Crippen LogP) is 4.62. The van der Waals surface area contributed by atoms with Crippen molar-refractivity contribution in [1.82, 2.24) is 15.3 Å². The molecule has 33 heavy (non-hydrogen) atoms. The Labute approximate surface area is 197 Å². The van der Waals surface area contributed by atoms with Crippen molar-refractivity contribution in [3.8, 4) is 5.88 Å². The minimum absolute atomic E-state index is 0.0248. The average Bonchev–Trinajstić information content (AvgIpc) is 3.01. The van der Waals surface area contributed by atoms with Gasteiger partial charge in [0, 0.05) is 18.7 Å². The number of fused-ring (bicyclic) bond motifs is 4. The van der Waals surface area contributed by atoms with Gasteiger partial charge in [0.25, 0.3) is 10.0 Å². The van der Waals surface area contributed by atoms with E-state index in [4.69, 9.17) is 4.74 Å². The number of hydrogen-bond donors (Lipinski definition) is 2. The van der Waals surface area contributed by atoms with Crippen LogP contribution in [0.3, 0.4) is 0 Å². The van der Waals surface area contributed by atoms with E-state index >= 15 is 0 Å². The minimum Gasteiger partial charge on any atom is -0.476 e. The number of hydrogen-bond acceptors (Lipinski definition) is 6. The lowest BCUT2D eigenvalue weighted by Crippen LogP contribution is -2.35. The molecule has 178 valence electrons. The number of rotatable bonds is 3. The largest absolute Gasteiger partial charge is 0.476 e. The maximum absolute atomic E-state index is 13.1. The third-order valence-electron chi connectivity index (χ3n) is 6.21. The average molecular weight is 471 g/mol. The second-order valence-corrected chi connectivity index (χ2v) is 12.0. The van der Waals surface area contributed by atoms with Crippen LogP contribution in [0.25, 0.3) is 5.57 Å². The van der Waals surface area contributed by atoms with Crippen molar-refractivity contribution in [2.45, 2.75) is 64.9 Å². The summed E-state index contributed by atoms with van der Waals surface area (Å²) in [7, 11) is -3.85. The fourth-order valence-electron chi connectivity index (χ4n) is 4.83. The molecule has 4 bridgehead atoms. The molecule has 7 nitrogen and oxygen atoms in total. The van der Waals surface area contributed by atoms with Crippen LogP contribution < -0.4 is 14.8 Å².